The standard InChI is InChI=1S/C20H21F4N7O4/c1-19(3-4-19)28-18(32)35-12-9-33-16(15(12)21)11-6-13(30-29-11)27-17-25-5-2-14-26-10(7-31(14)17)8-34-20(22,23)24/h2,5-7,12,15-16H,3-4,8-9H2,1H3,(H,28,32)(H2,25,27,29,30)/t12-,15+,16-/m0/s1. The second kappa shape index (κ2) is 8.64. The summed E-state index contributed by atoms with van der Waals surface area (Å²) in [5.74, 6) is 0.461. The van der Waals surface area contributed by atoms with E-state index in [1.165, 1.54) is 28.9 Å². The van der Waals surface area contributed by atoms with Gasteiger partial charge in [-0.05, 0) is 25.8 Å². The van der Waals surface area contributed by atoms with Crippen molar-refractivity contribution in [2.75, 3.05) is 11.9 Å². The number of rotatable bonds is 7. The van der Waals surface area contributed by atoms with Gasteiger partial charge in [-0.25, -0.2) is 19.2 Å². The van der Waals surface area contributed by atoms with E-state index in [2.05, 4.69) is 35.5 Å². The molecule has 1 aliphatic heterocycles. The largest absolute Gasteiger partial charge is 0.522 e. The molecular weight excluding hydrogens is 478 g/mol. The quantitative estimate of drug-likeness (QED) is 0.423. The third-order valence-electron chi connectivity index (χ3n) is 5.71. The fourth-order valence-corrected chi connectivity index (χ4v) is 3.61. The van der Waals surface area contributed by atoms with Crippen LogP contribution in [0.2, 0.25) is 0 Å². The number of amides is 1. The van der Waals surface area contributed by atoms with E-state index < -0.39 is 37.4 Å². The molecule has 4 heterocycles. The molecule has 1 aliphatic carbocycles. The fraction of sp³-hybridized carbons (Fsp3) is 0.500. The maximum absolute atomic E-state index is 14.9. The fourth-order valence-electron chi connectivity index (χ4n) is 3.61. The number of H-pyrrole nitrogens is 1. The number of aromatic amines is 1. The van der Waals surface area contributed by atoms with Crippen molar-refractivity contribution in [3.8, 4) is 0 Å². The Labute approximate surface area is 195 Å². The molecule has 0 bridgehead atoms. The van der Waals surface area contributed by atoms with Crippen LogP contribution < -0.4 is 10.6 Å². The number of carbonyl (C=O) groups is 1. The monoisotopic (exact) mass is 499 g/mol. The van der Waals surface area contributed by atoms with Gasteiger partial charge in [-0.1, -0.05) is 0 Å². The van der Waals surface area contributed by atoms with Crippen LogP contribution in [-0.2, 0) is 20.8 Å². The Kier molecular flexibility index (Phi) is 5.75. The Morgan fingerprint density at radius 3 is 2.94 bits per heavy atom. The van der Waals surface area contributed by atoms with Crippen molar-refractivity contribution in [3.63, 3.8) is 0 Å². The minimum absolute atomic E-state index is 0.0477. The van der Waals surface area contributed by atoms with Crippen LogP contribution >= 0.6 is 0 Å². The molecule has 5 rings (SSSR count). The number of hydrogen-bond donors (Lipinski definition) is 3. The van der Waals surface area contributed by atoms with Gasteiger partial charge < -0.3 is 20.1 Å². The molecule has 0 aromatic carbocycles. The average molecular weight is 499 g/mol. The summed E-state index contributed by atoms with van der Waals surface area (Å²) in [5, 5.41) is 12.3. The molecule has 0 unspecified atom stereocenters. The van der Waals surface area contributed by atoms with E-state index in [1.54, 1.807) is 0 Å². The number of imidazole rings is 1. The molecule has 1 amide bonds. The highest BCUT2D eigenvalue weighted by Gasteiger charge is 2.44. The number of alkyl carbamates (subject to hydrolysis) is 1. The van der Waals surface area contributed by atoms with E-state index in [0.29, 0.717) is 11.3 Å². The van der Waals surface area contributed by atoms with Gasteiger partial charge in [0.2, 0.25) is 5.95 Å². The van der Waals surface area contributed by atoms with Gasteiger partial charge in [-0.15, -0.1) is 13.2 Å². The summed E-state index contributed by atoms with van der Waals surface area (Å²) < 4.78 is 67.8. The zero-order valence-electron chi connectivity index (χ0n) is 18.3. The van der Waals surface area contributed by atoms with Crippen LogP contribution in [0, 0.1) is 0 Å². The predicted molar refractivity (Wildman–Crippen MR) is 110 cm³/mol. The second-order valence-electron chi connectivity index (χ2n) is 8.62. The van der Waals surface area contributed by atoms with Gasteiger partial charge in [0.1, 0.15) is 11.8 Å². The normalized spacial score (nSPS) is 23.4. The first-order valence-corrected chi connectivity index (χ1v) is 10.7. The molecule has 188 valence electrons. The number of nitrogens with zero attached hydrogens (tertiary/aromatic N) is 4. The van der Waals surface area contributed by atoms with Gasteiger partial charge in [0, 0.05) is 24.0 Å². The first-order chi connectivity index (χ1) is 16.6. The van der Waals surface area contributed by atoms with Crippen molar-refractivity contribution in [1.82, 2.24) is 29.9 Å². The Hall–Kier alpha value is -3.46. The van der Waals surface area contributed by atoms with Crippen LogP contribution in [0.5, 0.6) is 0 Å². The predicted octanol–water partition coefficient (Wildman–Crippen LogP) is 3.29. The first kappa shape index (κ1) is 23.3. The Bertz CT molecular complexity index is 1230. The molecule has 15 heteroatoms. The summed E-state index contributed by atoms with van der Waals surface area (Å²) in [6.07, 6.45) is -4.73. The Balaban J connectivity index is 1.24. The van der Waals surface area contributed by atoms with Crippen molar-refractivity contribution < 1.29 is 36.6 Å². The zero-order valence-corrected chi connectivity index (χ0v) is 18.3. The highest BCUT2D eigenvalue weighted by Crippen LogP contribution is 2.36. The Morgan fingerprint density at radius 2 is 2.20 bits per heavy atom. The van der Waals surface area contributed by atoms with Crippen LogP contribution in [0.4, 0.5) is 34.1 Å². The molecule has 3 aromatic heterocycles. The lowest BCUT2D eigenvalue weighted by atomic mass is 10.1. The van der Waals surface area contributed by atoms with Crippen molar-refractivity contribution >= 4 is 23.5 Å². The summed E-state index contributed by atoms with van der Waals surface area (Å²) >= 11 is 0. The van der Waals surface area contributed by atoms with Gasteiger partial charge in [0.25, 0.3) is 0 Å². The van der Waals surface area contributed by atoms with E-state index in [0.717, 1.165) is 12.8 Å². The SMILES string of the molecule is CC1(NC(=O)O[C@H]2CO[C@@H](c3cc(Nc4nccc5nc(COC(F)(F)F)cn45)n[nH]3)[C@@H]2F)CC1. The molecule has 2 aliphatic rings. The van der Waals surface area contributed by atoms with E-state index in [4.69, 9.17) is 9.47 Å². The van der Waals surface area contributed by atoms with Gasteiger partial charge >= 0.3 is 12.5 Å². The molecule has 1 saturated carbocycles. The van der Waals surface area contributed by atoms with Gasteiger partial charge in [-0.3, -0.25) is 14.2 Å². The van der Waals surface area contributed by atoms with Crippen LogP contribution in [0.15, 0.2) is 24.5 Å². The average Bonchev–Trinajstić information content (AvgIpc) is 3.14. The molecule has 1 saturated heterocycles. The molecule has 3 N–H and O–H groups in total. The molecular formula is C20H21F4N7O4. The number of carbonyl (C=O) groups excluding carboxylic acids is 1. The lowest BCUT2D eigenvalue weighted by Gasteiger charge is -2.17. The van der Waals surface area contributed by atoms with E-state index >= 15 is 0 Å². The number of halogens is 4. The highest BCUT2D eigenvalue weighted by molar-refractivity contribution is 5.69. The summed E-state index contributed by atoms with van der Waals surface area (Å²) in [6, 6.07) is 3.01. The maximum atomic E-state index is 14.9. The third kappa shape index (κ3) is 5.30. The smallest absolute Gasteiger partial charge is 0.441 e. The van der Waals surface area contributed by atoms with Crippen molar-refractivity contribution in [2.45, 2.75) is 56.7 Å². The Morgan fingerprint density at radius 1 is 1.40 bits per heavy atom. The molecule has 2 fully saturated rings. The van der Waals surface area contributed by atoms with Crippen LogP contribution in [0.25, 0.3) is 5.65 Å². The lowest BCUT2D eigenvalue weighted by molar-refractivity contribution is -0.330. The first-order valence-electron chi connectivity index (χ1n) is 10.7. The number of ether oxygens (including phenoxy) is 3. The van der Waals surface area contributed by atoms with Crippen LogP contribution in [-0.4, -0.2) is 61.4 Å². The van der Waals surface area contributed by atoms with Gasteiger partial charge in [-0.2, -0.15) is 5.10 Å². The number of anilines is 2. The van der Waals surface area contributed by atoms with Gasteiger partial charge in [0.05, 0.1) is 24.6 Å². The summed E-state index contributed by atoms with van der Waals surface area (Å²) in [4.78, 5) is 20.2. The highest BCUT2D eigenvalue weighted by atomic mass is 19.4. The molecule has 3 aromatic rings. The third-order valence-corrected chi connectivity index (χ3v) is 5.71. The molecule has 0 radical (unpaired) electrons. The number of nitrogens with one attached hydrogen (secondary N) is 3. The van der Waals surface area contributed by atoms with E-state index in [-0.39, 0.29) is 29.6 Å². The lowest BCUT2D eigenvalue weighted by Crippen LogP contribution is -2.39. The molecule has 11 nitrogen and oxygen atoms in total. The number of fused-ring (bicyclic) bond motifs is 1. The molecule has 35 heavy (non-hydrogen) atoms. The van der Waals surface area contributed by atoms with E-state index in [9.17, 15) is 22.4 Å². The van der Waals surface area contributed by atoms with Crippen LogP contribution in [0.1, 0.15) is 37.3 Å². The van der Waals surface area contributed by atoms with Crippen LogP contribution in [0.3, 0.4) is 0 Å². The van der Waals surface area contributed by atoms with Crippen molar-refractivity contribution in [3.05, 3.63) is 35.9 Å². The zero-order chi connectivity index (χ0) is 24.8. The second-order valence-corrected chi connectivity index (χ2v) is 8.62. The van der Waals surface area contributed by atoms with E-state index in [1.807, 2.05) is 6.92 Å². The molecule has 0 spiro atoms. The number of alkyl halides is 4. The minimum atomic E-state index is -4.78. The minimum Gasteiger partial charge on any atom is -0.441 e. The molecule has 3 atom stereocenters. The summed E-state index contributed by atoms with van der Waals surface area (Å²) in [6.45, 7) is 1.01. The maximum Gasteiger partial charge on any atom is 0.522 e. The summed E-state index contributed by atoms with van der Waals surface area (Å²) in [5.41, 5.74) is 0.397. The number of hydrogen-bond acceptors (Lipinski definition) is 8. The van der Waals surface area contributed by atoms with Crippen molar-refractivity contribution in [1.29, 1.82) is 0 Å². The van der Waals surface area contributed by atoms with Crippen molar-refractivity contribution in [2.24, 2.45) is 0 Å². The van der Waals surface area contributed by atoms with Gasteiger partial charge in [0.15, 0.2) is 18.1 Å². The topological polar surface area (TPSA) is 128 Å². The number of aromatic nitrogens is 5. The summed E-state index contributed by atoms with van der Waals surface area (Å²) in [7, 11) is 0.